The first kappa shape index (κ1) is 20.7. The average Bonchev–Trinajstić information content (AvgIpc) is 2.95. The van der Waals surface area contributed by atoms with E-state index in [2.05, 4.69) is 10.4 Å². The first-order chi connectivity index (χ1) is 13.5. The van der Waals surface area contributed by atoms with Gasteiger partial charge in [0.25, 0.3) is 5.91 Å². The van der Waals surface area contributed by atoms with Crippen LogP contribution in [0.5, 0.6) is 0 Å². The number of fused-ring (bicyclic) bond motifs is 1. The molecule has 29 heavy (non-hydrogen) atoms. The predicted molar refractivity (Wildman–Crippen MR) is 97.8 cm³/mol. The number of ether oxygens (including phenoxy) is 1. The van der Waals surface area contributed by atoms with Crippen LogP contribution in [0.2, 0.25) is 0 Å². The summed E-state index contributed by atoms with van der Waals surface area (Å²) in [6.07, 6.45) is -0.111. The molecule has 0 fully saturated rings. The summed E-state index contributed by atoms with van der Waals surface area (Å²) in [5.74, 6) is -5.28. The fourth-order valence-electron chi connectivity index (χ4n) is 3.07. The Morgan fingerprint density at radius 2 is 1.86 bits per heavy atom. The van der Waals surface area contributed by atoms with Crippen molar-refractivity contribution in [2.24, 2.45) is 7.05 Å². The fraction of sp³-hybridized carbons (Fsp3) is 0.421. The molecule has 1 aromatic carbocycles. The van der Waals surface area contributed by atoms with E-state index in [9.17, 15) is 22.8 Å². The highest BCUT2D eigenvalue weighted by molar-refractivity contribution is 6.04. The zero-order chi connectivity index (χ0) is 21.5. The van der Waals surface area contributed by atoms with Gasteiger partial charge in [0.2, 0.25) is 0 Å². The number of carbonyl (C=O) groups excluding carboxylic acids is 2. The summed E-state index contributed by atoms with van der Waals surface area (Å²) in [6.45, 7) is 5.71. The third kappa shape index (κ3) is 4.20. The van der Waals surface area contributed by atoms with E-state index in [1.165, 1.54) is 16.6 Å². The van der Waals surface area contributed by atoms with Crippen LogP contribution in [0.4, 0.5) is 23.7 Å². The summed E-state index contributed by atoms with van der Waals surface area (Å²) in [5, 5.41) is 6.52. The third-order valence-electron chi connectivity index (χ3n) is 4.35. The Hall–Kier alpha value is -3.04. The van der Waals surface area contributed by atoms with Crippen LogP contribution in [0.25, 0.3) is 0 Å². The minimum atomic E-state index is -1.68. The molecule has 7 nitrogen and oxygen atoms in total. The first-order valence-corrected chi connectivity index (χ1v) is 8.95. The van der Waals surface area contributed by atoms with Gasteiger partial charge in [-0.1, -0.05) is 0 Å². The minimum absolute atomic E-state index is 0.0844. The number of nitrogens with one attached hydrogen (secondary N) is 1. The quantitative estimate of drug-likeness (QED) is 0.770. The van der Waals surface area contributed by atoms with Crippen LogP contribution in [0.15, 0.2) is 12.1 Å². The third-order valence-corrected chi connectivity index (χ3v) is 4.35. The standard InChI is InChI=1S/C19H21F3N4O3/c1-19(2,3)29-18(28)26-8-7-12-10(9-26)16(25(4)24-12)17(27)23-13-6-5-11(20)14(21)15(13)22/h5-6H,7-9H2,1-4H3,(H,23,27). The van der Waals surface area contributed by atoms with Crippen LogP contribution in [0.3, 0.4) is 0 Å². The first-order valence-electron chi connectivity index (χ1n) is 8.95. The molecule has 0 aliphatic carbocycles. The molecule has 156 valence electrons. The van der Waals surface area contributed by atoms with Crippen molar-refractivity contribution in [2.45, 2.75) is 39.3 Å². The number of aryl methyl sites for hydroxylation is 1. The molecule has 0 saturated heterocycles. The lowest BCUT2D eigenvalue weighted by molar-refractivity contribution is 0.0222. The lowest BCUT2D eigenvalue weighted by Gasteiger charge is -2.29. The van der Waals surface area contributed by atoms with Crippen molar-refractivity contribution in [3.63, 3.8) is 0 Å². The molecule has 2 amide bonds. The Morgan fingerprint density at radius 3 is 2.52 bits per heavy atom. The molecule has 0 bridgehead atoms. The van der Waals surface area contributed by atoms with Crippen LogP contribution in [-0.4, -0.2) is 38.8 Å². The van der Waals surface area contributed by atoms with Gasteiger partial charge in [0.1, 0.15) is 11.3 Å². The summed E-state index contributed by atoms with van der Waals surface area (Å²) in [7, 11) is 1.53. The maximum Gasteiger partial charge on any atom is 0.410 e. The molecule has 1 aliphatic heterocycles. The summed E-state index contributed by atoms with van der Waals surface area (Å²) < 4.78 is 47.1. The van der Waals surface area contributed by atoms with E-state index >= 15 is 0 Å². The van der Waals surface area contributed by atoms with E-state index in [1.54, 1.807) is 20.8 Å². The van der Waals surface area contributed by atoms with Crippen LogP contribution in [0.1, 0.15) is 42.5 Å². The number of benzene rings is 1. The molecular formula is C19H21F3N4O3. The van der Waals surface area contributed by atoms with Crippen molar-refractivity contribution in [3.05, 3.63) is 46.5 Å². The second-order valence-electron chi connectivity index (χ2n) is 7.73. The highest BCUT2D eigenvalue weighted by Gasteiger charge is 2.32. The maximum absolute atomic E-state index is 13.9. The minimum Gasteiger partial charge on any atom is -0.444 e. The van der Waals surface area contributed by atoms with Gasteiger partial charge in [0, 0.05) is 25.6 Å². The molecule has 1 N–H and O–H groups in total. The van der Waals surface area contributed by atoms with Crippen molar-refractivity contribution in [3.8, 4) is 0 Å². The molecule has 0 saturated carbocycles. The monoisotopic (exact) mass is 410 g/mol. The van der Waals surface area contributed by atoms with Crippen molar-refractivity contribution in [1.29, 1.82) is 0 Å². The van der Waals surface area contributed by atoms with E-state index in [-0.39, 0.29) is 12.2 Å². The molecule has 3 rings (SSSR count). The van der Waals surface area contributed by atoms with Gasteiger partial charge in [0.05, 0.1) is 17.9 Å². The largest absolute Gasteiger partial charge is 0.444 e. The number of nitrogens with zero attached hydrogens (tertiary/aromatic N) is 3. The number of carbonyl (C=O) groups is 2. The van der Waals surface area contributed by atoms with E-state index in [1.807, 2.05) is 0 Å². The van der Waals surface area contributed by atoms with Gasteiger partial charge in [-0.15, -0.1) is 0 Å². The summed E-state index contributed by atoms with van der Waals surface area (Å²) in [6, 6.07) is 1.65. The van der Waals surface area contributed by atoms with Crippen molar-refractivity contribution in [2.75, 3.05) is 11.9 Å². The van der Waals surface area contributed by atoms with Crippen molar-refractivity contribution < 1.29 is 27.5 Å². The molecule has 1 aliphatic rings. The smallest absolute Gasteiger partial charge is 0.410 e. The number of anilines is 1. The highest BCUT2D eigenvalue weighted by Crippen LogP contribution is 2.26. The molecule has 0 unspecified atom stereocenters. The predicted octanol–water partition coefficient (Wildman–Crippen LogP) is 3.38. The molecular weight excluding hydrogens is 389 g/mol. The Labute approximate surface area is 165 Å². The summed E-state index contributed by atoms with van der Waals surface area (Å²) in [5.41, 5.74) is 0.0471. The topological polar surface area (TPSA) is 76.5 Å². The normalized spacial score (nSPS) is 13.8. The van der Waals surface area contributed by atoms with Gasteiger partial charge in [0.15, 0.2) is 17.5 Å². The lowest BCUT2D eigenvalue weighted by Crippen LogP contribution is -2.40. The Kier molecular flexibility index (Phi) is 5.29. The SMILES string of the molecule is Cn1nc2c(c1C(=O)Nc1ccc(F)c(F)c1F)CN(C(=O)OC(C)(C)C)CC2. The molecule has 10 heteroatoms. The maximum atomic E-state index is 13.9. The number of aromatic nitrogens is 2. The summed E-state index contributed by atoms with van der Waals surface area (Å²) in [4.78, 5) is 26.5. The molecule has 0 spiro atoms. The van der Waals surface area contributed by atoms with Gasteiger partial charge < -0.3 is 15.0 Å². The molecule has 0 atom stereocenters. The van der Waals surface area contributed by atoms with Gasteiger partial charge in [-0.25, -0.2) is 18.0 Å². The van der Waals surface area contributed by atoms with Crippen LogP contribution in [0, 0.1) is 17.5 Å². The van der Waals surface area contributed by atoms with Gasteiger partial charge in [-0.05, 0) is 32.9 Å². The van der Waals surface area contributed by atoms with Crippen LogP contribution < -0.4 is 5.32 Å². The zero-order valence-electron chi connectivity index (χ0n) is 16.5. The second-order valence-corrected chi connectivity index (χ2v) is 7.73. The fourth-order valence-corrected chi connectivity index (χ4v) is 3.07. The van der Waals surface area contributed by atoms with Gasteiger partial charge >= 0.3 is 6.09 Å². The number of hydrogen-bond acceptors (Lipinski definition) is 4. The number of hydrogen-bond donors (Lipinski definition) is 1. The molecule has 2 heterocycles. The van der Waals surface area contributed by atoms with Crippen LogP contribution >= 0.6 is 0 Å². The molecule has 1 aromatic heterocycles. The van der Waals surface area contributed by atoms with E-state index in [0.717, 1.165) is 12.1 Å². The number of rotatable bonds is 2. The lowest BCUT2D eigenvalue weighted by atomic mass is 10.1. The van der Waals surface area contributed by atoms with Gasteiger partial charge in [-0.2, -0.15) is 5.10 Å². The zero-order valence-corrected chi connectivity index (χ0v) is 16.5. The molecule has 0 radical (unpaired) electrons. The second kappa shape index (κ2) is 7.41. The number of halogens is 3. The average molecular weight is 410 g/mol. The Balaban J connectivity index is 1.86. The Morgan fingerprint density at radius 1 is 1.17 bits per heavy atom. The van der Waals surface area contributed by atoms with E-state index in [4.69, 9.17) is 4.74 Å². The molecule has 2 aromatic rings. The highest BCUT2D eigenvalue weighted by atomic mass is 19.2. The van der Waals surface area contributed by atoms with Crippen molar-refractivity contribution >= 4 is 17.7 Å². The van der Waals surface area contributed by atoms with E-state index in [0.29, 0.717) is 24.2 Å². The van der Waals surface area contributed by atoms with Crippen molar-refractivity contribution in [1.82, 2.24) is 14.7 Å². The Bertz CT molecular complexity index is 982. The van der Waals surface area contributed by atoms with E-state index < -0.39 is 40.7 Å². The summed E-state index contributed by atoms with van der Waals surface area (Å²) >= 11 is 0. The van der Waals surface area contributed by atoms with Gasteiger partial charge in [-0.3, -0.25) is 9.48 Å². The number of amides is 2. The van der Waals surface area contributed by atoms with Crippen LogP contribution in [-0.2, 0) is 24.8 Å².